The predicted molar refractivity (Wildman–Crippen MR) is 78.4 cm³/mol. The summed E-state index contributed by atoms with van der Waals surface area (Å²) in [5.74, 6) is -1.27. The van der Waals surface area contributed by atoms with Crippen LogP contribution < -0.4 is 4.90 Å². The van der Waals surface area contributed by atoms with Crippen LogP contribution in [0.5, 0.6) is 0 Å². The monoisotopic (exact) mass is 343 g/mol. The first-order chi connectivity index (χ1) is 10.9. The van der Waals surface area contributed by atoms with Gasteiger partial charge in [0.2, 0.25) is 5.95 Å². The van der Waals surface area contributed by atoms with E-state index in [1.54, 1.807) is 17.5 Å². The maximum absolute atomic E-state index is 13.1. The zero-order valence-corrected chi connectivity index (χ0v) is 12.6. The van der Waals surface area contributed by atoms with Gasteiger partial charge in [-0.15, -0.1) is 11.3 Å². The molecule has 5 nitrogen and oxygen atoms in total. The number of anilines is 1. The van der Waals surface area contributed by atoms with Crippen molar-refractivity contribution in [2.24, 2.45) is 0 Å². The number of alkyl halides is 3. The smallest absolute Gasteiger partial charge is 0.433 e. The Kier molecular flexibility index (Phi) is 3.97. The van der Waals surface area contributed by atoms with Crippen molar-refractivity contribution >= 4 is 23.3 Å². The van der Waals surface area contributed by atoms with Crippen molar-refractivity contribution in [1.29, 1.82) is 0 Å². The molecule has 1 aliphatic heterocycles. The van der Waals surface area contributed by atoms with Gasteiger partial charge in [0.05, 0.1) is 10.6 Å². The Morgan fingerprint density at radius 1 is 1.39 bits per heavy atom. The van der Waals surface area contributed by atoms with E-state index in [1.807, 2.05) is 0 Å². The molecule has 0 radical (unpaired) electrons. The highest BCUT2D eigenvalue weighted by Crippen LogP contribution is 2.34. The molecular weight excluding hydrogens is 331 g/mol. The molecule has 0 saturated carbocycles. The van der Waals surface area contributed by atoms with E-state index < -0.39 is 23.9 Å². The van der Waals surface area contributed by atoms with Crippen LogP contribution in [-0.4, -0.2) is 33.6 Å². The fraction of sp³-hybridized carbons (Fsp3) is 0.357. The molecule has 1 fully saturated rings. The van der Waals surface area contributed by atoms with E-state index in [4.69, 9.17) is 0 Å². The number of aliphatic carboxylic acids is 1. The van der Waals surface area contributed by atoms with Crippen LogP contribution in [0.25, 0.3) is 10.6 Å². The highest BCUT2D eigenvalue weighted by molar-refractivity contribution is 7.13. The zero-order chi connectivity index (χ0) is 16.6. The Bertz CT molecular complexity index is 719. The lowest BCUT2D eigenvalue weighted by atomic mass is 10.2. The largest absolute Gasteiger partial charge is 0.480 e. The highest BCUT2D eigenvalue weighted by atomic mass is 32.1. The first-order valence-electron chi connectivity index (χ1n) is 6.86. The normalized spacial score (nSPS) is 18.4. The van der Waals surface area contributed by atoms with Gasteiger partial charge < -0.3 is 10.0 Å². The minimum atomic E-state index is -4.62. The fourth-order valence-electron chi connectivity index (χ4n) is 2.52. The van der Waals surface area contributed by atoms with Crippen LogP contribution in [0.2, 0.25) is 0 Å². The van der Waals surface area contributed by atoms with E-state index in [0.29, 0.717) is 24.3 Å². The molecular formula is C14H12F3N3O2S. The Morgan fingerprint density at radius 2 is 2.17 bits per heavy atom. The van der Waals surface area contributed by atoms with E-state index in [0.717, 1.165) is 6.07 Å². The molecule has 0 aromatic carbocycles. The van der Waals surface area contributed by atoms with Crippen LogP contribution >= 0.6 is 11.3 Å². The number of carbonyl (C=O) groups is 1. The Hall–Kier alpha value is -2.16. The highest BCUT2D eigenvalue weighted by Gasteiger charge is 2.37. The number of rotatable bonds is 3. The van der Waals surface area contributed by atoms with Crippen LogP contribution in [0.15, 0.2) is 23.6 Å². The Morgan fingerprint density at radius 3 is 2.78 bits per heavy atom. The Balaban J connectivity index is 2.09. The molecule has 0 aliphatic carbocycles. The van der Waals surface area contributed by atoms with E-state index in [1.165, 1.54) is 16.2 Å². The Labute approximate surface area is 133 Å². The number of nitrogens with zero attached hydrogens (tertiary/aromatic N) is 3. The number of aromatic nitrogens is 2. The molecule has 1 aliphatic rings. The summed E-state index contributed by atoms with van der Waals surface area (Å²) in [6.45, 7) is 0.322. The van der Waals surface area contributed by atoms with Gasteiger partial charge in [0.1, 0.15) is 6.04 Å². The molecule has 1 N–H and O–H groups in total. The molecule has 122 valence electrons. The lowest BCUT2D eigenvalue weighted by Gasteiger charge is -2.22. The number of halogens is 3. The van der Waals surface area contributed by atoms with Crippen molar-refractivity contribution in [2.45, 2.75) is 25.1 Å². The average molecular weight is 343 g/mol. The third-order valence-corrected chi connectivity index (χ3v) is 4.47. The summed E-state index contributed by atoms with van der Waals surface area (Å²) >= 11 is 1.26. The molecule has 2 aromatic heterocycles. The fourth-order valence-corrected chi connectivity index (χ4v) is 3.21. The number of carboxylic acids is 1. The first kappa shape index (κ1) is 15.7. The van der Waals surface area contributed by atoms with Crippen LogP contribution in [0.3, 0.4) is 0 Å². The molecule has 1 saturated heterocycles. The third kappa shape index (κ3) is 3.14. The summed E-state index contributed by atoms with van der Waals surface area (Å²) in [6.07, 6.45) is -3.68. The van der Waals surface area contributed by atoms with E-state index >= 15 is 0 Å². The van der Waals surface area contributed by atoms with Crippen molar-refractivity contribution in [2.75, 3.05) is 11.4 Å². The predicted octanol–water partition coefficient (Wildman–Crippen LogP) is 3.28. The lowest BCUT2D eigenvalue weighted by molar-refractivity contribution is -0.141. The zero-order valence-electron chi connectivity index (χ0n) is 11.7. The summed E-state index contributed by atoms with van der Waals surface area (Å²) in [6, 6.07) is 3.37. The van der Waals surface area contributed by atoms with E-state index in [9.17, 15) is 23.1 Å². The second-order valence-corrected chi connectivity index (χ2v) is 6.05. The van der Waals surface area contributed by atoms with Crippen molar-refractivity contribution < 1.29 is 23.1 Å². The average Bonchev–Trinajstić information content (AvgIpc) is 3.17. The summed E-state index contributed by atoms with van der Waals surface area (Å²) in [4.78, 5) is 20.9. The number of hydrogen-bond donors (Lipinski definition) is 1. The van der Waals surface area contributed by atoms with Gasteiger partial charge in [-0.25, -0.2) is 14.8 Å². The molecule has 9 heteroatoms. The van der Waals surface area contributed by atoms with Crippen molar-refractivity contribution in [1.82, 2.24) is 9.97 Å². The quantitative estimate of drug-likeness (QED) is 0.926. The van der Waals surface area contributed by atoms with Gasteiger partial charge in [-0.1, -0.05) is 6.07 Å². The maximum Gasteiger partial charge on any atom is 0.433 e. The molecule has 2 aromatic rings. The van der Waals surface area contributed by atoms with Gasteiger partial charge >= 0.3 is 12.1 Å². The van der Waals surface area contributed by atoms with Crippen molar-refractivity contribution in [3.63, 3.8) is 0 Å². The molecule has 3 heterocycles. The molecule has 1 unspecified atom stereocenters. The van der Waals surface area contributed by atoms with Crippen LogP contribution in [0.4, 0.5) is 19.1 Å². The summed E-state index contributed by atoms with van der Waals surface area (Å²) in [7, 11) is 0. The summed E-state index contributed by atoms with van der Waals surface area (Å²) in [5.41, 5.74) is -0.921. The summed E-state index contributed by atoms with van der Waals surface area (Å²) in [5, 5.41) is 10.9. The minimum Gasteiger partial charge on any atom is -0.480 e. The van der Waals surface area contributed by atoms with Crippen LogP contribution in [-0.2, 0) is 11.0 Å². The second kappa shape index (κ2) is 5.80. The third-order valence-electron chi connectivity index (χ3n) is 3.57. The van der Waals surface area contributed by atoms with Gasteiger partial charge in [0.15, 0.2) is 5.69 Å². The summed E-state index contributed by atoms with van der Waals surface area (Å²) < 4.78 is 39.3. The van der Waals surface area contributed by atoms with E-state index in [-0.39, 0.29) is 11.6 Å². The lowest BCUT2D eigenvalue weighted by Crippen LogP contribution is -2.37. The number of carboxylic acid groups (broad SMARTS) is 1. The van der Waals surface area contributed by atoms with Gasteiger partial charge in [-0.05, 0) is 30.4 Å². The molecule has 0 amide bonds. The second-order valence-electron chi connectivity index (χ2n) is 5.10. The molecule has 0 bridgehead atoms. The molecule has 3 rings (SSSR count). The SMILES string of the molecule is O=C(O)C1CCCN1c1nc(-c2cccs2)cc(C(F)(F)F)n1. The van der Waals surface area contributed by atoms with Gasteiger partial charge in [-0.3, -0.25) is 0 Å². The van der Waals surface area contributed by atoms with Crippen molar-refractivity contribution in [3.8, 4) is 10.6 Å². The number of hydrogen-bond acceptors (Lipinski definition) is 5. The van der Waals surface area contributed by atoms with E-state index in [2.05, 4.69) is 9.97 Å². The van der Waals surface area contributed by atoms with Gasteiger partial charge in [0, 0.05) is 6.54 Å². The topological polar surface area (TPSA) is 66.3 Å². The van der Waals surface area contributed by atoms with Crippen LogP contribution in [0, 0.1) is 0 Å². The van der Waals surface area contributed by atoms with Crippen LogP contribution in [0.1, 0.15) is 18.5 Å². The molecule has 23 heavy (non-hydrogen) atoms. The maximum atomic E-state index is 13.1. The van der Waals surface area contributed by atoms with Crippen molar-refractivity contribution in [3.05, 3.63) is 29.3 Å². The van der Waals surface area contributed by atoms with Gasteiger partial charge in [-0.2, -0.15) is 13.2 Å². The number of thiophene rings is 1. The first-order valence-corrected chi connectivity index (χ1v) is 7.74. The minimum absolute atomic E-state index is 0.147. The molecule has 1 atom stereocenters. The van der Waals surface area contributed by atoms with Gasteiger partial charge in [0.25, 0.3) is 0 Å². The molecule has 0 spiro atoms. The standard InChI is InChI=1S/C14H12F3N3O2S/c15-14(16,17)11-7-8(10-4-2-6-23-10)18-13(19-11)20-5-1-3-9(20)12(21)22/h2,4,6-7,9H,1,3,5H2,(H,21,22).